The molecule has 3 nitrogen and oxygen atoms in total. The molecule has 90 valence electrons. The average Bonchev–Trinajstić information content (AvgIpc) is 2.25. The second-order valence-electron chi connectivity index (χ2n) is 3.85. The molecular weight excluding hydrogens is 244 g/mol. The first-order valence-corrected chi connectivity index (χ1v) is 7.17. The molecule has 1 rings (SSSR count). The van der Waals surface area contributed by atoms with Crippen LogP contribution in [0.2, 0.25) is 5.15 Å². The predicted octanol–water partition coefficient (Wildman–Crippen LogP) is 2.15. The third-order valence-electron chi connectivity index (χ3n) is 2.53. The van der Waals surface area contributed by atoms with Crippen LogP contribution >= 0.6 is 11.6 Å². The van der Waals surface area contributed by atoms with Crippen molar-refractivity contribution in [3.05, 3.63) is 29.0 Å². The maximum absolute atomic E-state index is 11.2. The van der Waals surface area contributed by atoms with Crippen LogP contribution < -0.4 is 5.32 Å². The molecule has 0 radical (unpaired) electrons. The summed E-state index contributed by atoms with van der Waals surface area (Å²) in [6.07, 6.45) is 3.41. The van der Waals surface area contributed by atoms with Gasteiger partial charge in [-0.2, -0.15) is 0 Å². The van der Waals surface area contributed by atoms with Gasteiger partial charge in [-0.1, -0.05) is 11.6 Å². The molecule has 1 heterocycles. The molecule has 1 aromatic rings. The molecule has 0 aromatic carbocycles. The largest absolute Gasteiger partial charge is 0.309 e. The highest BCUT2D eigenvalue weighted by Crippen LogP contribution is 2.15. The van der Waals surface area contributed by atoms with Crippen molar-refractivity contribution in [3.63, 3.8) is 0 Å². The van der Waals surface area contributed by atoms with Gasteiger partial charge in [-0.05, 0) is 31.5 Å². The van der Waals surface area contributed by atoms with E-state index in [9.17, 15) is 4.21 Å². The lowest BCUT2D eigenvalue weighted by molar-refractivity contribution is 0.568. The maximum atomic E-state index is 11.2. The maximum Gasteiger partial charge on any atom is 0.129 e. The first-order chi connectivity index (χ1) is 7.50. The van der Waals surface area contributed by atoms with Crippen LogP contribution in [0.4, 0.5) is 0 Å². The van der Waals surface area contributed by atoms with Gasteiger partial charge in [0.25, 0.3) is 0 Å². The Morgan fingerprint density at radius 1 is 1.56 bits per heavy atom. The summed E-state index contributed by atoms with van der Waals surface area (Å²) in [6, 6.07) is 3.95. The van der Waals surface area contributed by atoms with Gasteiger partial charge in [-0.25, -0.2) is 4.98 Å². The quantitative estimate of drug-likeness (QED) is 0.825. The number of rotatable bonds is 5. The van der Waals surface area contributed by atoms with Crippen LogP contribution in [-0.2, 0) is 10.8 Å². The highest BCUT2D eigenvalue weighted by atomic mass is 35.5. The number of nitrogens with one attached hydrogen (secondary N) is 1. The lowest BCUT2D eigenvalue weighted by Crippen LogP contribution is -2.29. The molecule has 1 aromatic heterocycles. The third kappa shape index (κ3) is 4.20. The smallest absolute Gasteiger partial charge is 0.129 e. The standard InChI is InChI=1S/C11H17ClN2OS/c1-8(16(3)15)7-14-9(2)10-4-5-13-11(12)6-10/h4-6,8-9,14H,7H2,1-3H3. The molecule has 3 atom stereocenters. The highest BCUT2D eigenvalue weighted by Gasteiger charge is 2.10. The van der Waals surface area contributed by atoms with Crippen molar-refractivity contribution in [1.29, 1.82) is 0 Å². The summed E-state index contributed by atoms with van der Waals surface area (Å²) >= 11 is 5.81. The molecule has 0 saturated carbocycles. The summed E-state index contributed by atoms with van der Waals surface area (Å²) in [4.78, 5) is 3.93. The zero-order valence-electron chi connectivity index (χ0n) is 9.74. The minimum Gasteiger partial charge on any atom is -0.309 e. The Balaban J connectivity index is 2.52. The van der Waals surface area contributed by atoms with Gasteiger partial charge in [0.1, 0.15) is 5.15 Å². The number of hydrogen-bond acceptors (Lipinski definition) is 3. The molecule has 0 spiro atoms. The van der Waals surface area contributed by atoms with Gasteiger partial charge in [0.2, 0.25) is 0 Å². The van der Waals surface area contributed by atoms with Gasteiger partial charge in [0.05, 0.1) is 0 Å². The van der Waals surface area contributed by atoms with Gasteiger partial charge in [-0.3, -0.25) is 4.21 Å². The fourth-order valence-electron chi connectivity index (χ4n) is 1.26. The molecule has 1 N–H and O–H groups in total. The summed E-state index contributed by atoms with van der Waals surface area (Å²) in [6.45, 7) is 4.75. The topological polar surface area (TPSA) is 42.0 Å². The first-order valence-electron chi connectivity index (χ1n) is 5.17. The Hall–Kier alpha value is -0.450. The average molecular weight is 261 g/mol. The van der Waals surface area contributed by atoms with E-state index in [1.807, 2.05) is 19.1 Å². The van der Waals surface area contributed by atoms with Crippen molar-refractivity contribution in [2.24, 2.45) is 0 Å². The van der Waals surface area contributed by atoms with Gasteiger partial charge in [0, 0.05) is 41.1 Å². The fraction of sp³-hybridized carbons (Fsp3) is 0.545. The Bertz CT molecular complexity index is 373. The van der Waals surface area contributed by atoms with E-state index in [-0.39, 0.29) is 11.3 Å². The minimum atomic E-state index is -0.788. The zero-order valence-corrected chi connectivity index (χ0v) is 11.3. The van der Waals surface area contributed by atoms with Crippen molar-refractivity contribution in [2.45, 2.75) is 25.1 Å². The SMILES string of the molecule is CC(NCC(C)S(C)=O)c1ccnc(Cl)c1. The second kappa shape index (κ2) is 6.33. The van der Waals surface area contributed by atoms with Crippen LogP contribution in [0.1, 0.15) is 25.5 Å². The van der Waals surface area contributed by atoms with Gasteiger partial charge >= 0.3 is 0 Å². The molecule has 0 fully saturated rings. The molecule has 0 aliphatic heterocycles. The summed E-state index contributed by atoms with van der Waals surface area (Å²) in [5.41, 5.74) is 1.09. The van der Waals surface area contributed by atoms with Gasteiger partial charge in [-0.15, -0.1) is 0 Å². The van der Waals surface area contributed by atoms with Crippen molar-refractivity contribution in [1.82, 2.24) is 10.3 Å². The zero-order chi connectivity index (χ0) is 12.1. The van der Waals surface area contributed by atoms with E-state index in [1.165, 1.54) is 0 Å². The predicted molar refractivity (Wildman–Crippen MR) is 69.2 cm³/mol. The van der Waals surface area contributed by atoms with E-state index in [0.717, 1.165) is 12.1 Å². The van der Waals surface area contributed by atoms with Crippen LogP contribution in [0, 0.1) is 0 Å². The Kier molecular flexibility index (Phi) is 5.38. The van der Waals surface area contributed by atoms with E-state index in [2.05, 4.69) is 17.2 Å². The molecular formula is C11H17ClN2OS. The molecule has 0 aliphatic carbocycles. The van der Waals surface area contributed by atoms with Gasteiger partial charge in [0.15, 0.2) is 0 Å². The van der Waals surface area contributed by atoms with E-state index in [4.69, 9.17) is 11.6 Å². The van der Waals surface area contributed by atoms with Crippen molar-refractivity contribution in [2.75, 3.05) is 12.8 Å². The summed E-state index contributed by atoms with van der Waals surface area (Å²) in [5.74, 6) is 0. The summed E-state index contributed by atoms with van der Waals surface area (Å²) in [7, 11) is -0.788. The summed E-state index contributed by atoms with van der Waals surface area (Å²) in [5, 5.41) is 3.98. The van der Waals surface area contributed by atoms with Crippen LogP contribution in [0.15, 0.2) is 18.3 Å². The van der Waals surface area contributed by atoms with E-state index >= 15 is 0 Å². The molecule has 5 heteroatoms. The lowest BCUT2D eigenvalue weighted by atomic mass is 10.1. The van der Waals surface area contributed by atoms with Crippen molar-refractivity contribution >= 4 is 22.4 Å². The monoisotopic (exact) mass is 260 g/mol. The van der Waals surface area contributed by atoms with Crippen LogP contribution in [0.25, 0.3) is 0 Å². The molecule has 0 aliphatic rings. The first kappa shape index (κ1) is 13.6. The Morgan fingerprint density at radius 2 is 2.25 bits per heavy atom. The molecule has 0 bridgehead atoms. The fourth-order valence-corrected chi connectivity index (χ4v) is 1.78. The van der Waals surface area contributed by atoms with E-state index in [1.54, 1.807) is 12.5 Å². The number of pyridine rings is 1. The van der Waals surface area contributed by atoms with E-state index < -0.39 is 10.8 Å². The number of nitrogens with zero attached hydrogens (tertiary/aromatic N) is 1. The van der Waals surface area contributed by atoms with Crippen molar-refractivity contribution < 1.29 is 4.21 Å². The Morgan fingerprint density at radius 3 is 2.81 bits per heavy atom. The molecule has 16 heavy (non-hydrogen) atoms. The Labute approximate surface area is 104 Å². The van der Waals surface area contributed by atoms with E-state index in [0.29, 0.717) is 5.15 Å². The number of hydrogen-bond donors (Lipinski definition) is 1. The number of aromatic nitrogens is 1. The normalized spacial score (nSPS) is 16.8. The van der Waals surface area contributed by atoms with Crippen LogP contribution in [0.5, 0.6) is 0 Å². The van der Waals surface area contributed by atoms with Gasteiger partial charge < -0.3 is 5.32 Å². The lowest BCUT2D eigenvalue weighted by Gasteiger charge is -2.16. The molecule has 3 unspecified atom stereocenters. The van der Waals surface area contributed by atoms with Crippen LogP contribution in [-0.4, -0.2) is 27.2 Å². The molecule has 0 saturated heterocycles. The highest BCUT2D eigenvalue weighted by molar-refractivity contribution is 7.84. The second-order valence-corrected chi connectivity index (χ2v) is 6.04. The molecule has 0 amide bonds. The third-order valence-corrected chi connectivity index (χ3v) is 4.04. The van der Waals surface area contributed by atoms with Crippen LogP contribution in [0.3, 0.4) is 0 Å². The summed E-state index contributed by atoms with van der Waals surface area (Å²) < 4.78 is 11.2. The minimum absolute atomic E-state index is 0.153. The van der Waals surface area contributed by atoms with Crippen molar-refractivity contribution in [3.8, 4) is 0 Å². The number of halogens is 1.